The summed E-state index contributed by atoms with van der Waals surface area (Å²) < 4.78 is 37.7. The maximum Gasteiger partial charge on any atom is 0.416 e. The Bertz CT molecular complexity index is 660. The summed E-state index contributed by atoms with van der Waals surface area (Å²) >= 11 is 0. The van der Waals surface area contributed by atoms with Crippen molar-refractivity contribution in [3.05, 3.63) is 65.0 Å². The van der Waals surface area contributed by atoms with E-state index in [9.17, 15) is 13.2 Å². The Hall–Kier alpha value is -2.39. The number of pyridine rings is 1. The first-order valence-corrected chi connectivity index (χ1v) is 6.21. The summed E-state index contributed by atoms with van der Waals surface area (Å²) in [6.07, 6.45) is -2.80. The van der Waals surface area contributed by atoms with E-state index in [0.717, 1.165) is 17.7 Å². The van der Waals surface area contributed by atoms with Gasteiger partial charge in [0.2, 0.25) is 0 Å². The van der Waals surface area contributed by atoms with Crippen molar-refractivity contribution in [3.63, 3.8) is 0 Å². The molecule has 2 aromatic rings. The molecule has 0 aliphatic carbocycles. The zero-order valence-corrected chi connectivity index (χ0v) is 11.0. The Morgan fingerprint density at radius 2 is 1.81 bits per heavy atom. The zero-order chi connectivity index (χ0) is 15.3. The zero-order valence-electron chi connectivity index (χ0n) is 11.0. The quantitative estimate of drug-likeness (QED) is 0.940. The van der Waals surface area contributed by atoms with Crippen LogP contribution < -0.4 is 5.32 Å². The standard InChI is InChI=1S/C15H12F3N3/c16-15(17,18)13-3-1-2-11(6-13)9-20-10-12-4-5-21-14(7-12)8-19/h1-7,20H,9-10H2. The highest BCUT2D eigenvalue weighted by molar-refractivity contribution is 5.27. The predicted octanol–water partition coefficient (Wildman–Crippen LogP) is 3.26. The van der Waals surface area contributed by atoms with Crippen LogP contribution in [-0.4, -0.2) is 4.98 Å². The molecule has 0 bridgehead atoms. The normalized spacial score (nSPS) is 11.1. The van der Waals surface area contributed by atoms with E-state index >= 15 is 0 Å². The van der Waals surface area contributed by atoms with Gasteiger partial charge in [0.15, 0.2) is 0 Å². The van der Waals surface area contributed by atoms with Gasteiger partial charge in [-0.25, -0.2) is 4.98 Å². The number of rotatable bonds is 4. The monoisotopic (exact) mass is 291 g/mol. The van der Waals surface area contributed by atoms with E-state index in [2.05, 4.69) is 10.3 Å². The van der Waals surface area contributed by atoms with Crippen molar-refractivity contribution in [1.29, 1.82) is 5.26 Å². The molecule has 0 atom stereocenters. The predicted molar refractivity (Wildman–Crippen MR) is 70.9 cm³/mol. The van der Waals surface area contributed by atoms with Crippen molar-refractivity contribution in [3.8, 4) is 6.07 Å². The summed E-state index contributed by atoms with van der Waals surface area (Å²) in [6, 6.07) is 10.5. The van der Waals surface area contributed by atoms with Gasteiger partial charge in [-0.3, -0.25) is 0 Å². The molecule has 0 aliphatic rings. The minimum absolute atomic E-state index is 0.313. The molecule has 1 aromatic carbocycles. The third-order valence-corrected chi connectivity index (χ3v) is 2.85. The molecule has 6 heteroatoms. The van der Waals surface area contributed by atoms with E-state index in [-0.39, 0.29) is 0 Å². The van der Waals surface area contributed by atoms with Crippen LogP contribution in [0.3, 0.4) is 0 Å². The first-order valence-electron chi connectivity index (χ1n) is 6.21. The van der Waals surface area contributed by atoms with Gasteiger partial charge in [0.25, 0.3) is 0 Å². The largest absolute Gasteiger partial charge is 0.416 e. The Balaban J connectivity index is 1.96. The summed E-state index contributed by atoms with van der Waals surface area (Å²) in [7, 11) is 0. The molecular weight excluding hydrogens is 279 g/mol. The summed E-state index contributed by atoms with van der Waals surface area (Å²) in [5.74, 6) is 0. The van der Waals surface area contributed by atoms with Crippen molar-refractivity contribution in [2.24, 2.45) is 0 Å². The number of benzene rings is 1. The molecule has 0 spiro atoms. The van der Waals surface area contributed by atoms with E-state index in [0.29, 0.717) is 24.3 Å². The van der Waals surface area contributed by atoms with Crippen LogP contribution in [-0.2, 0) is 19.3 Å². The average Bonchev–Trinajstić information content (AvgIpc) is 2.47. The van der Waals surface area contributed by atoms with Crippen LogP contribution >= 0.6 is 0 Å². The lowest BCUT2D eigenvalue weighted by molar-refractivity contribution is -0.137. The van der Waals surface area contributed by atoms with Gasteiger partial charge in [0.1, 0.15) is 11.8 Å². The Labute approximate surface area is 120 Å². The van der Waals surface area contributed by atoms with Crippen LogP contribution in [0.4, 0.5) is 13.2 Å². The number of hydrogen-bond acceptors (Lipinski definition) is 3. The molecule has 0 saturated carbocycles. The van der Waals surface area contributed by atoms with Crippen LogP contribution in [0, 0.1) is 11.3 Å². The molecule has 3 nitrogen and oxygen atoms in total. The second kappa shape index (κ2) is 6.37. The molecule has 108 valence electrons. The maximum atomic E-state index is 12.6. The van der Waals surface area contributed by atoms with Crippen LogP contribution in [0.5, 0.6) is 0 Å². The molecule has 0 radical (unpaired) electrons. The third-order valence-electron chi connectivity index (χ3n) is 2.85. The maximum absolute atomic E-state index is 12.6. The third kappa shape index (κ3) is 4.29. The van der Waals surface area contributed by atoms with Crippen LogP contribution in [0.25, 0.3) is 0 Å². The molecule has 0 amide bonds. The van der Waals surface area contributed by atoms with Crippen LogP contribution in [0.1, 0.15) is 22.4 Å². The summed E-state index contributed by atoms with van der Waals surface area (Å²) in [5, 5.41) is 11.8. The summed E-state index contributed by atoms with van der Waals surface area (Å²) in [4.78, 5) is 3.85. The molecular formula is C15H12F3N3. The molecule has 0 fully saturated rings. The second-order valence-corrected chi connectivity index (χ2v) is 4.46. The van der Waals surface area contributed by atoms with Gasteiger partial charge < -0.3 is 5.32 Å². The second-order valence-electron chi connectivity index (χ2n) is 4.46. The first kappa shape index (κ1) is 15.0. The minimum atomic E-state index is -4.33. The topological polar surface area (TPSA) is 48.7 Å². The smallest absolute Gasteiger partial charge is 0.309 e. The molecule has 1 heterocycles. The highest BCUT2D eigenvalue weighted by Gasteiger charge is 2.30. The molecule has 0 unspecified atom stereocenters. The Morgan fingerprint density at radius 1 is 1.10 bits per heavy atom. The fraction of sp³-hybridized carbons (Fsp3) is 0.200. The van der Waals surface area contributed by atoms with Crippen LogP contribution in [0.15, 0.2) is 42.6 Å². The van der Waals surface area contributed by atoms with Crippen molar-refractivity contribution in [1.82, 2.24) is 10.3 Å². The average molecular weight is 291 g/mol. The van der Waals surface area contributed by atoms with Crippen molar-refractivity contribution < 1.29 is 13.2 Å². The SMILES string of the molecule is N#Cc1cc(CNCc2cccc(C(F)(F)F)c2)ccn1. The lowest BCUT2D eigenvalue weighted by Gasteiger charge is -2.09. The minimum Gasteiger partial charge on any atom is -0.309 e. The molecule has 0 saturated heterocycles. The van der Waals surface area contributed by atoms with E-state index in [1.165, 1.54) is 12.3 Å². The van der Waals surface area contributed by atoms with Crippen molar-refractivity contribution in [2.75, 3.05) is 0 Å². The van der Waals surface area contributed by atoms with E-state index < -0.39 is 11.7 Å². The fourth-order valence-electron chi connectivity index (χ4n) is 1.85. The highest BCUT2D eigenvalue weighted by atomic mass is 19.4. The fourth-order valence-corrected chi connectivity index (χ4v) is 1.85. The summed E-state index contributed by atoms with van der Waals surface area (Å²) in [5.41, 5.74) is 1.07. The Morgan fingerprint density at radius 3 is 2.48 bits per heavy atom. The number of halogens is 3. The van der Waals surface area contributed by atoms with E-state index in [1.807, 2.05) is 6.07 Å². The van der Waals surface area contributed by atoms with Gasteiger partial charge in [-0.2, -0.15) is 18.4 Å². The number of aromatic nitrogens is 1. The molecule has 2 rings (SSSR count). The van der Waals surface area contributed by atoms with Crippen LogP contribution in [0.2, 0.25) is 0 Å². The van der Waals surface area contributed by atoms with Gasteiger partial charge in [-0.15, -0.1) is 0 Å². The van der Waals surface area contributed by atoms with E-state index in [1.54, 1.807) is 18.2 Å². The van der Waals surface area contributed by atoms with E-state index in [4.69, 9.17) is 5.26 Å². The van der Waals surface area contributed by atoms with Gasteiger partial charge in [-0.1, -0.05) is 18.2 Å². The lowest BCUT2D eigenvalue weighted by atomic mass is 10.1. The Kier molecular flexibility index (Phi) is 4.55. The van der Waals surface area contributed by atoms with Gasteiger partial charge >= 0.3 is 6.18 Å². The number of nitrogens with one attached hydrogen (secondary N) is 1. The highest BCUT2D eigenvalue weighted by Crippen LogP contribution is 2.29. The number of alkyl halides is 3. The lowest BCUT2D eigenvalue weighted by Crippen LogP contribution is -2.14. The molecule has 1 aromatic heterocycles. The van der Waals surface area contributed by atoms with Crippen molar-refractivity contribution >= 4 is 0 Å². The first-order chi connectivity index (χ1) is 9.99. The van der Waals surface area contributed by atoms with Gasteiger partial charge in [-0.05, 0) is 29.3 Å². The number of nitriles is 1. The van der Waals surface area contributed by atoms with Gasteiger partial charge in [0, 0.05) is 19.3 Å². The summed E-state index contributed by atoms with van der Waals surface area (Å²) in [6.45, 7) is 0.765. The molecule has 0 aliphatic heterocycles. The van der Waals surface area contributed by atoms with Crippen molar-refractivity contribution in [2.45, 2.75) is 19.3 Å². The van der Waals surface area contributed by atoms with Gasteiger partial charge in [0.05, 0.1) is 5.56 Å². The molecule has 1 N–H and O–H groups in total. The number of hydrogen-bond donors (Lipinski definition) is 1. The number of nitrogens with zero attached hydrogens (tertiary/aromatic N) is 2. The molecule has 21 heavy (non-hydrogen) atoms.